The number of ether oxygens (including phenoxy) is 1. The molecule has 1 fully saturated rings. The van der Waals surface area contributed by atoms with E-state index in [0.29, 0.717) is 21.4 Å². The van der Waals surface area contributed by atoms with Crippen molar-refractivity contribution in [1.82, 2.24) is 9.97 Å². The van der Waals surface area contributed by atoms with Crippen molar-refractivity contribution in [2.75, 3.05) is 5.32 Å². The fourth-order valence-electron chi connectivity index (χ4n) is 4.42. The first-order valence-electron chi connectivity index (χ1n) is 10.4. The maximum Gasteiger partial charge on any atom is 0.345 e. The average molecular weight is 450 g/mol. The summed E-state index contributed by atoms with van der Waals surface area (Å²) in [6.45, 7) is 0. The number of pyridine rings is 1. The number of carbonyl (C=O) groups is 2. The Bertz CT molecular complexity index is 1260. The van der Waals surface area contributed by atoms with Gasteiger partial charge in [-0.15, -0.1) is 0 Å². The van der Waals surface area contributed by atoms with Gasteiger partial charge in [-0.05, 0) is 43.4 Å². The molecule has 10 heteroatoms. The molecule has 1 saturated carbocycles. The van der Waals surface area contributed by atoms with E-state index in [4.69, 9.17) is 4.74 Å². The van der Waals surface area contributed by atoms with Gasteiger partial charge in [-0.3, -0.25) is 10.1 Å². The van der Waals surface area contributed by atoms with Crippen LogP contribution in [0.2, 0.25) is 0 Å². The number of esters is 1. The monoisotopic (exact) mass is 450 g/mol. The summed E-state index contributed by atoms with van der Waals surface area (Å²) < 4.78 is 19.5. The first-order chi connectivity index (χ1) is 15.8. The number of fused-ring (bicyclic) bond motifs is 2. The molecule has 2 aromatic heterocycles. The third-order valence-electron chi connectivity index (χ3n) is 6.28. The predicted octanol–water partition coefficient (Wildman–Crippen LogP) is 2.23. The topological polar surface area (TPSA) is 128 Å². The maximum atomic E-state index is 13.4. The average Bonchev–Trinajstić information content (AvgIpc) is 3.07. The van der Waals surface area contributed by atoms with Crippen LogP contribution in [0.4, 0.5) is 10.3 Å². The highest BCUT2D eigenvalue weighted by Gasteiger charge is 2.53. The lowest BCUT2D eigenvalue weighted by Crippen LogP contribution is -2.49. The third-order valence-corrected chi connectivity index (χ3v) is 6.28. The van der Waals surface area contributed by atoms with Gasteiger partial charge in [0.25, 0.3) is 5.91 Å². The maximum absolute atomic E-state index is 13.4. The summed E-state index contributed by atoms with van der Waals surface area (Å²) in [4.78, 5) is 33.2. The van der Waals surface area contributed by atoms with Crippen molar-refractivity contribution < 1.29 is 28.6 Å². The van der Waals surface area contributed by atoms with Gasteiger partial charge in [-0.1, -0.05) is 12.1 Å². The van der Waals surface area contributed by atoms with Crippen LogP contribution in [0.1, 0.15) is 41.6 Å². The molecule has 0 unspecified atom stereocenters. The molecule has 3 aromatic rings. The van der Waals surface area contributed by atoms with Gasteiger partial charge >= 0.3 is 5.97 Å². The normalized spacial score (nSPS) is 23.8. The zero-order valence-electron chi connectivity index (χ0n) is 17.3. The van der Waals surface area contributed by atoms with E-state index in [1.807, 2.05) is 0 Å². The lowest BCUT2D eigenvalue weighted by atomic mass is 9.72. The number of hydrogen-bond acceptors (Lipinski definition) is 7. The van der Waals surface area contributed by atoms with Crippen LogP contribution in [-0.4, -0.2) is 32.6 Å². The van der Waals surface area contributed by atoms with Crippen molar-refractivity contribution in [3.8, 4) is 11.1 Å². The summed E-state index contributed by atoms with van der Waals surface area (Å²) in [5, 5.41) is 25.0. The van der Waals surface area contributed by atoms with Crippen LogP contribution in [-0.2, 0) is 15.1 Å². The zero-order chi connectivity index (χ0) is 23.2. The van der Waals surface area contributed by atoms with Gasteiger partial charge in [-0.25, -0.2) is 19.2 Å². The van der Waals surface area contributed by atoms with Crippen molar-refractivity contribution >= 4 is 17.8 Å². The molecule has 1 aliphatic heterocycles. The summed E-state index contributed by atoms with van der Waals surface area (Å²) >= 11 is 0. The number of amides is 1. The van der Waals surface area contributed by atoms with Crippen molar-refractivity contribution in [2.45, 2.75) is 36.9 Å². The summed E-state index contributed by atoms with van der Waals surface area (Å²) in [6, 6.07) is 7.52. The largest absolute Gasteiger partial charge is 0.619 e. The molecule has 168 valence electrons. The Balaban J connectivity index is 1.28. The van der Waals surface area contributed by atoms with E-state index in [9.17, 15) is 24.3 Å². The van der Waals surface area contributed by atoms with E-state index < -0.39 is 23.1 Å². The number of aromatic nitrogens is 3. The summed E-state index contributed by atoms with van der Waals surface area (Å²) in [7, 11) is 0. The molecule has 0 bridgehead atoms. The molecule has 1 aromatic carbocycles. The van der Waals surface area contributed by atoms with E-state index >= 15 is 0 Å². The van der Waals surface area contributed by atoms with E-state index in [2.05, 4.69) is 15.3 Å². The molecular weight excluding hydrogens is 431 g/mol. The molecule has 0 atom stereocenters. The molecule has 2 aliphatic rings. The van der Waals surface area contributed by atoms with Crippen molar-refractivity contribution in [3.63, 3.8) is 0 Å². The smallest absolute Gasteiger partial charge is 0.345 e. The fraction of sp³-hybridized carbons (Fsp3) is 0.261. The van der Waals surface area contributed by atoms with Crippen LogP contribution in [0.15, 0.2) is 55.1 Å². The number of aliphatic hydroxyl groups is 1. The molecule has 1 amide bonds. The highest BCUT2D eigenvalue weighted by Crippen LogP contribution is 2.48. The quantitative estimate of drug-likeness (QED) is 0.356. The molecule has 0 radical (unpaired) electrons. The first kappa shape index (κ1) is 21.0. The molecule has 2 N–H and O–H groups in total. The Morgan fingerprint density at radius 1 is 1.15 bits per heavy atom. The minimum absolute atomic E-state index is 0.00602. The molecule has 33 heavy (non-hydrogen) atoms. The van der Waals surface area contributed by atoms with Gasteiger partial charge in [0.2, 0.25) is 5.95 Å². The van der Waals surface area contributed by atoms with E-state index in [1.54, 1.807) is 18.2 Å². The Labute approximate surface area is 187 Å². The van der Waals surface area contributed by atoms with Crippen LogP contribution < -0.4 is 10.0 Å². The standard InChI is InChI=1S/C23H19FN4O5/c24-16-3-1-2-14(10-16)15-11-25-21(26-12-15)27-20(30)22(31)5-7-23(8-6-22)18-4-9-28(32)13-17(18)19(29)33-23/h1-4,9-13,31H,5-8H2,(H,25,26,27,30)/t22-,23-. The first-order valence-corrected chi connectivity index (χ1v) is 10.4. The number of hydrogen-bond donors (Lipinski definition) is 2. The van der Waals surface area contributed by atoms with Gasteiger partial charge in [0.05, 0.1) is 0 Å². The van der Waals surface area contributed by atoms with Crippen LogP contribution in [0.5, 0.6) is 0 Å². The number of halogens is 1. The van der Waals surface area contributed by atoms with Crippen LogP contribution in [0.25, 0.3) is 11.1 Å². The Morgan fingerprint density at radius 3 is 2.58 bits per heavy atom. The van der Waals surface area contributed by atoms with E-state index in [1.165, 1.54) is 36.9 Å². The highest BCUT2D eigenvalue weighted by atomic mass is 19.1. The van der Waals surface area contributed by atoms with Crippen LogP contribution in [0.3, 0.4) is 0 Å². The van der Waals surface area contributed by atoms with Gasteiger partial charge in [0.15, 0.2) is 12.4 Å². The summed E-state index contributed by atoms with van der Waals surface area (Å²) in [5.41, 5.74) is -0.688. The third kappa shape index (κ3) is 3.68. The SMILES string of the molecule is O=C1O[C@]2(CC[C@@](O)(C(=O)Nc3ncc(-c4cccc(F)c4)cn3)CC2)c2cc[n+]([O-])cc21. The van der Waals surface area contributed by atoms with E-state index in [-0.39, 0.29) is 43.0 Å². The number of nitrogens with zero attached hydrogens (tertiary/aromatic N) is 3. The molecule has 0 saturated heterocycles. The Hall–Kier alpha value is -3.92. The Morgan fingerprint density at radius 2 is 1.88 bits per heavy atom. The number of carbonyl (C=O) groups excluding carboxylic acids is 2. The number of anilines is 1. The van der Waals surface area contributed by atoms with Crippen molar-refractivity contribution in [1.29, 1.82) is 0 Å². The Kier molecular flexibility index (Phi) is 4.82. The van der Waals surface area contributed by atoms with Crippen LogP contribution in [0, 0.1) is 11.0 Å². The number of rotatable bonds is 3. The summed E-state index contributed by atoms with van der Waals surface area (Å²) in [6.07, 6.45) is 5.89. The number of nitrogens with one attached hydrogen (secondary N) is 1. The van der Waals surface area contributed by atoms with Crippen LogP contribution >= 0.6 is 0 Å². The van der Waals surface area contributed by atoms with Gasteiger partial charge in [0, 0.05) is 29.6 Å². The minimum Gasteiger partial charge on any atom is -0.619 e. The highest BCUT2D eigenvalue weighted by molar-refractivity contribution is 5.96. The van der Waals surface area contributed by atoms with Gasteiger partial charge < -0.3 is 15.1 Å². The summed E-state index contributed by atoms with van der Waals surface area (Å²) in [5.74, 6) is -1.63. The zero-order valence-corrected chi connectivity index (χ0v) is 17.3. The molecular formula is C23H19FN4O5. The van der Waals surface area contributed by atoms with E-state index in [0.717, 1.165) is 0 Å². The lowest BCUT2D eigenvalue weighted by Gasteiger charge is -2.40. The number of benzene rings is 1. The molecule has 1 spiro atoms. The minimum atomic E-state index is -1.70. The second kappa shape index (κ2) is 7.59. The second-order valence-electron chi connectivity index (χ2n) is 8.31. The lowest BCUT2D eigenvalue weighted by molar-refractivity contribution is -0.605. The van der Waals surface area contributed by atoms with Gasteiger partial charge in [0.1, 0.15) is 22.6 Å². The second-order valence-corrected chi connectivity index (χ2v) is 8.31. The van der Waals surface area contributed by atoms with Crippen molar-refractivity contribution in [3.05, 3.63) is 77.3 Å². The van der Waals surface area contributed by atoms with Gasteiger partial charge in [-0.2, -0.15) is 4.73 Å². The molecule has 1 aliphatic carbocycles. The molecule has 9 nitrogen and oxygen atoms in total. The fourth-order valence-corrected chi connectivity index (χ4v) is 4.42. The molecule has 3 heterocycles. The predicted molar refractivity (Wildman–Crippen MR) is 112 cm³/mol. The van der Waals surface area contributed by atoms with Crippen molar-refractivity contribution in [2.24, 2.45) is 0 Å². The molecule has 5 rings (SSSR count).